The van der Waals surface area contributed by atoms with E-state index in [1.165, 1.54) is 12.8 Å². The summed E-state index contributed by atoms with van der Waals surface area (Å²) in [5.74, 6) is 6.73. The van der Waals surface area contributed by atoms with Crippen LogP contribution in [0, 0.1) is 0 Å². The zero-order valence-electron chi connectivity index (χ0n) is 13.4. The highest BCUT2D eigenvalue weighted by atomic mass is 16.5. The van der Waals surface area contributed by atoms with Gasteiger partial charge in [-0.25, -0.2) is 0 Å². The van der Waals surface area contributed by atoms with Crippen LogP contribution in [0.25, 0.3) is 0 Å². The van der Waals surface area contributed by atoms with Crippen molar-refractivity contribution in [3.63, 3.8) is 0 Å². The van der Waals surface area contributed by atoms with E-state index in [0.29, 0.717) is 0 Å². The molecule has 1 saturated heterocycles. The van der Waals surface area contributed by atoms with Crippen LogP contribution in [0.5, 0.6) is 5.75 Å². The van der Waals surface area contributed by atoms with E-state index in [0.717, 1.165) is 37.2 Å². The number of rotatable bonds is 7. The van der Waals surface area contributed by atoms with Gasteiger partial charge in [0.05, 0.1) is 19.3 Å². The first-order valence-corrected chi connectivity index (χ1v) is 7.92. The number of likely N-dealkylation sites (tertiary alicyclic amines) is 1. The first kappa shape index (κ1) is 16.2. The Morgan fingerprint density at radius 2 is 2.00 bits per heavy atom. The number of pyridine rings is 1. The summed E-state index contributed by atoms with van der Waals surface area (Å²) in [6.45, 7) is 6.80. The van der Waals surface area contributed by atoms with Crippen molar-refractivity contribution in [2.45, 2.75) is 51.1 Å². The molecule has 0 amide bonds. The van der Waals surface area contributed by atoms with E-state index in [2.05, 4.69) is 29.2 Å². The normalized spacial score (nSPS) is 17.9. The minimum Gasteiger partial charge on any atom is -0.495 e. The molecule has 118 valence electrons. The van der Waals surface area contributed by atoms with Gasteiger partial charge in [0, 0.05) is 11.7 Å². The molecular formula is C16H28N4O. The molecular weight excluding hydrogens is 264 g/mol. The Kier molecular flexibility index (Phi) is 5.56. The number of nitrogens with two attached hydrogens (primary N) is 1. The maximum absolute atomic E-state index is 5.96. The van der Waals surface area contributed by atoms with E-state index in [-0.39, 0.29) is 11.6 Å². The van der Waals surface area contributed by atoms with Gasteiger partial charge in [0.1, 0.15) is 5.75 Å². The summed E-state index contributed by atoms with van der Waals surface area (Å²) in [6.07, 6.45) is 8.27. The number of nitrogens with zero attached hydrogens (tertiary/aromatic N) is 2. The second-order valence-corrected chi connectivity index (χ2v) is 5.76. The third-order valence-electron chi connectivity index (χ3n) is 4.97. The van der Waals surface area contributed by atoms with Crippen molar-refractivity contribution < 1.29 is 4.74 Å². The summed E-state index contributed by atoms with van der Waals surface area (Å²) in [7, 11) is 1.67. The Balaban J connectivity index is 2.38. The number of hydrogen-bond donors (Lipinski definition) is 2. The molecule has 5 nitrogen and oxygen atoms in total. The Bertz CT molecular complexity index is 442. The van der Waals surface area contributed by atoms with Crippen LogP contribution in [-0.2, 0) is 0 Å². The Labute approximate surface area is 127 Å². The summed E-state index contributed by atoms with van der Waals surface area (Å²) in [5.41, 5.74) is 4.17. The fraction of sp³-hybridized carbons (Fsp3) is 0.688. The highest BCUT2D eigenvalue weighted by Crippen LogP contribution is 2.39. The fourth-order valence-corrected chi connectivity index (χ4v) is 3.72. The van der Waals surface area contributed by atoms with Crippen molar-refractivity contribution in [1.82, 2.24) is 15.3 Å². The van der Waals surface area contributed by atoms with Crippen molar-refractivity contribution >= 4 is 0 Å². The lowest BCUT2D eigenvalue weighted by molar-refractivity contribution is 0.0614. The van der Waals surface area contributed by atoms with Crippen molar-refractivity contribution in [2.75, 3.05) is 20.2 Å². The van der Waals surface area contributed by atoms with Crippen molar-refractivity contribution in [3.05, 3.63) is 24.0 Å². The van der Waals surface area contributed by atoms with E-state index in [9.17, 15) is 0 Å². The molecule has 2 rings (SSSR count). The first-order chi connectivity index (χ1) is 10.2. The standard InChI is InChI=1S/C16H28N4O/c1-4-16(5-2,20-8-6-7-9-20)15(19-17)13-10-14(21-3)12-18-11-13/h10-12,15,19H,4-9,17H2,1-3H3. The van der Waals surface area contributed by atoms with E-state index in [4.69, 9.17) is 10.6 Å². The molecule has 0 saturated carbocycles. The predicted octanol–water partition coefficient (Wildman–Crippen LogP) is 2.25. The van der Waals surface area contributed by atoms with Crippen LogP contribution < -0.4 is 16.0 Å². The second kappa shape index (κ2) is 7.20. The van der Waals surface area contributed by atoms with Crippen LogP contribution in [0.2, 0.25) is 0 Å². The van der Waals surface area contributed by atoms with Crippen LogP contribution >= 0.6 is 0 Å². The van der Waals surface area contributed by atoms with E-state index in [1.807, 2.05) is 12.3 Å². The Morgan fingerprint density at radius 3 is 2.52 bits per heavy atom. The van der Waals surface area contributed by atoms with Crippen molar-refractivity contribution in [1.29, 1.82) is 0 Å². The number of nitrogens with one attached hydrogen (secondary N) is 1. The second-order valence-electron chi connectivity index (χ2n) is 5.76. The third kappa shape index (κ3) is 3.05. The summed E-state index contributed by atoms with van der Waals surface area (Å²) in [6, 6.07) is 2.08. The minimum absolute atomic E-state index is 0.0271. The molecule has 1 atom stereocenters. The predicted molar refractivity (Wildman–Crippen MR) is 85.0 cm³/mol. The summed E-state index contributed by atoms with van der Waals surface area (Å²) >= 11 is 0. The monoisotopic (exact) mass is 292 g/mol. The number of hydrogen-bond acceptors (Lipinski definition) is 5. The average molecular weight is 292 g/mol. The molecule has 0 bridgehead atoms. The van der Waals surface area contributed by atoms with Gasteiger partial charge in [-0.3, -0.25) is 21.2 Å². The summed E-state index contributed by atoms with van der Waals surface area (Å²) in [4.78, 5) is 6.89. The molecule has 1 aliphatic rings. The molecule has 1 fully saturated rings. The third-order valence-corrected chi connectivity index (χ3v) is 4.97. The topological polar surface area (TPSA) is 63.4 Å². The van der Waals surface area contributed by atoms with Crippen LogP contribution in [-0.4, -0.2) is 35.6 Å². The van der Waals surface area contributed by atoms with Gasteiger partial charge in [-0.2, -0.15) is 0 Å². The average Bonchev–Trinajstić information content (AvgIpc) is 3.07. The van der Waals surface area contributed by atoms with Gasteiger partial charge in [0.15, 0.2) is 0 Å². The molecule has 0 spiro atoms. The maximum atomic E-state index is 5.96. The van der Waals surface area contributed by atoms with Crippen molar-refractivity contribution in [2.24, 2.45) is 5.84 Å². The SMILES string of the molecule is CCC(CC)(C(NN)c1cncc(OC)c1)N1CCCC1. The molecule has 1 aliphatic heterocycles. The Morgan fingerprint density at radius 1 is 1.33 bits per heavy atom. The van der Waals surface area contributed by atoms with Gasteiger partial charge >= 0.3 is 0 Å². The molecule has 2 heterocycles. The van der Waals surface area contributed by atoms with Crippen LogP contribution in [0.4, 0.5) is 0 Å². The van der Waals surface area contributed by atoms with Gasteiger partial charge in [0.25, 0.3) is 0 Å². The lowest BCUT2D eigenvalue weighted by Crippen LogP contribution is -2.56. The molecule has 0 aromatic carbocycles. The smallest absolute Gasteiger partial charge is 0.137 e. The van der Waals surface area contributed by atoms with Crippen LogP contribution in [0.15, 0.2) is 18.5 Å². The molecule has 1 aromatic heterocycles. The summed E-state index contributed by atoms with van der Waals surface area (Å²) in [5, 5.41) is 0. The van der Waals surface area contributed by atoms with Crippen LogP contribution in [0.1, 0.15) is 51.1 Å². The molecule has 5 heteroatoms. The van der Waals surface area contributed by atoms with E-state index >= 15 is 0 Å². The van der Waals surface area contributed by atoms with Gasteiger partial charge in [0.2, 0.25) is 0 Å². The number of hydrazine groups is 1. The van der Waals surface area contributed by atoms with E-state index in [1.54, 1.807) is 13.3 Å². The fourth-order valence-electron chi connectivity index (χ4n) is 3.72. The molecule has 21 heavy (non-hydrogen) atoms. The first-order valence-electron chi connectivity index (χ1n) is 7.92. The van der Waals surface area contributed by atoms with Gasteiger partial charge in [-0.05, 0) is 50.4 Å². The number of methoxy groups -OCH3 is 1. The molecule has 0 aliphatic carbocycles. The van der Waals surface area contributed by atoms with Gasteiger partial charge < -0.3 is 4.74 Å². The zero-order chi connectivity index (χ0) is 15.3. The Hall–Kier alpha value is -1.17. The number of ether oxygens (including phenoxy) is 1. The molecule has 1 aromatic rings. The molecule has 0 radical (unpaired) electrons. The van der Waals surface area contributed by atoms with Gasteiger partial charge in [-0.15, -0.1) is 0 Å². The lowest BCUT2D eigenvalue weighted by atomic mass is 9.80. The van der Waals surface area contributed by atoms with Crippen molar-refractivity contribution in [3.8, 4) is 5.75 Å². The quantitative estimate of drug-likeness (QED) is 0.596. The zero-order valence-corrected chi connectivity index (χ0v) is 13.4. The summed E-state index contributed by atoms with van der Waals surface area (Å²) < 4.78 is 5.31. The highest BCUT2D eigenvalue weighted by molar-refractivity contribution is 5.28. The lowest BCUT2D eigenvalue weighted by Gasteiger charge is -2.46. The van der Waals surface area contributed by atoms with E-state index < -0.39 is 0 Å². The largest absolute Gasteiger partial charge is 0.495 e. The molecule has 1 unspecified atom stereocenters. The minimum atomic E-state index is 0.0271. The van der Waals surface area contributed by atoms with Crippen LogP contribution in [0.3, 0.4) is 0 Å². The van der Waals surface area contributed by atoms with Gasteiger partial charge in [-0.1, -0.05) is 13.8 Å². The maximum Gasteiger partial charge on any atom is 0.137 e. The number of aromatic nitrogens is 1. The highest BCUT2D eigenvalue weighted by Gasteiger charge is 2.42. The molecule has 3 N–H and O–H groups in total.